The molecule has 2 nitrogen and oxygen atoms in total. The fourth-order valence-electron chi connectivity index (χ4n) is 1.14. The number of ketones is 1. The van der Waals surface area contributed by atoms with Crippen molar-refractivity contribution in [3.8, 4) is 0 Å². The van der Waals surface area contributed by atoms with Crippen molar-refractivity contribution in [2.45, 2.75) is 6.92 Å². The molecule has 0 aliphatic rings. The van der Waals surface area contributed by atoms with Crippen molar-refractivity contribution in [3.05, 3.63) is 44.4 Å². The summed E-state index contributed by atoms with van der Waals surface area (Å²) < 4.78 is 5.76. The van der Waals surface area contributed by atoms with Crippen molar-refractivity contribution >= 4 is 33.0 Å². The molecule has 0 spiro atoms. The van der Waals surface area contributed by atoms with Crippen molar-refractivity contribution in [2.24, 2.45) is 0 Å². The molecule has 0 saturated heterocycles. The number of halogens is 1. The third-order valence-corrected chi connectivity index (χ3v) is 3.08. The molecule has 0 aliphatic heterocycles. The van der Waals surface area contributed by atoms with Gasteiger partial charge in [-0.3, -0.25) is 4.79 Å². The molecular formula is C10H7BrO2S. The Morgan fingerprint density at radius 2 is 2.29 bits per heavy atom. The molecule has 0 N–H and O–H groups in total. The van der Waals surface area contributed by atoms with Gasteiger partial charge in [0.05, 0.1) is 0 Å². The standard InChI is InChI=1S/C10H7BrO2S/c1-6-4-7(5-14-6)10(12)8-2-3-9(11)13-8/h2-5H,1H3. The van der Waals surface area contributed by atoms with Gasteiger partial charge in [0.25, 0.3) is 0 Å². The fraction of sp³-hybridized carbons (Fsp3) is 0.100. The molecule has 2 heterocycles. The second-order valence-corrected chi connectivity index (χ2v) is 4.78. The number of hydrogen-bond acceptors (Lipinski definition) is 3. The van der Waals surface area contributed by atoms with E-state index >= 15 is 0 Å². The molecule has 2 rings (SSSR count). The van der Waals surface area contributed by atoms with Crippen LogP contribution in [0.5, 0.6) is 0 Å². The largest absolute Gasteiger partial charge is 0.446 e. The molecule has 0 bridgehead atoms. The van der Waals surface area contributed by atoms with Gasteiger partial charge in [-0.2, -0.15) is 0 Å². The van der Waals surface area contributed by atoms with Crippen LogP contribution in [0.15, 0.2) is 32.7 Å². The minimum atomic E-state index is -0.0694. The number of aryl methyl sites for hydroxylation is 1. The molecule has 0 saturated carbocycles. The van der Waals surface area contributed by atoms with Crippen LogP contribution in [-0.2, 0) is 0 Å². The highest BCUT2D eigenvalue weighted by Crippen LogP contribution is 2.20. The molecule has 0 aliphatic carbocycles. The van der Waals surface area contributed by atoms with Gasteiger partial charge in [-0.25, -0.2) is 0 Å². The van der Waals surface area contributed by atoms with E-state index in [-0.39, 0.29) is 5.78 Å². The first-order valence-electron chi connectivity index (χ1n) is 4.02. The molecule has 4 heteroatoms. The first kappa shape index (κ1) is 9.68. The average Bonchev–Trinajstić information content (AvgIpc) is 2.73. The fourth-order valence-corrected chi connectivity index (χ4v) is 2.13. The minimum Gasteiger partial charge on any atom is -0.446 e. The summed E-state index contributed by atoms with van der Waals surface area (Å²) in [5.41, 5.74) is 0.689. The number of thiophene rings is 1. The predicted molar refractivity (Wildman–Crippen MR) is 58.9 cm³/mol. The van der Waals surface area contributed by atoms with Gasteiger partial charge in [0.2, 0.25) is 5.78 Å². The summed E-state index contributed by atoms with van der Waals surface area (Å²) in [5.74, 6) is 0.301. The quantitative estimate of drug-likeness (QED) is 0.780. The van der Waals surface area contributed by atoms with Gasteiger partial charge >= 0.3 is 0 Å². The van der Waals surface area contributed by atoms with E-state index in [1.54, 1.807) is 23.5 Å². The van der Waals surface area contributed by atoms with Gasteiger partial charge < -0.3 is 4.42 Å². The molecule has 0 aromatic carbocycles. The highest BCUT2D eigenvalue weighted by molar-refractivity contribution is 9.10. The third kappa shape index (κ3) is 1.81. The van der Waals surface area contributed by atoms with Gasteiger partial charge in [0, 0.05) is 15.8 Å². The number of hydrogen-bond donors (Lipinski definition) is 0. The zero-order valence-corrected chi connectivity index (χ0v) is 9.81. The van der Waals surface area contributed by atoms with E-state index in [1.807, 2.05) is 18.4 Å². The van der Waals surface area contributed by atoms with Gasteiger partial charge in [-0.05, 0) is 41.1 Å². The Morgan fingerprint density at radius 3 is 2.79 bits per heavy atom. The first-order chi connectivity index (χ1) is 6.66. The lowest BCUT2D eigenvalue weighted by molar-refractivity contribution is 0.101. The van der Waals surface area contributed by atoms with Crippen LogP contribution in [0.1, 0.15) is 21.0 Å². The maximum Gasteiger partial charge on any atom is 0.229 e. The first-order valence-corrected chi connectivity index (χ1v) is 5.69. The molecule has 0 unspecified atom stereocenters. The molecule has 0 fully saturated rings. The Labute approximate surface area is 93.7 Å². The molecule has 72 valence electrons. The molecular weight excluding hydrogens is 264 g/mol. The summed E-state index contributed by atoms with van der Waals surface area (Å²) in [7, 11) is 0. The van der Waals surface area contributed by atoms with Crippen molar-refractivity contribution in [1.29, 1.82) is 0 Å². The van der Waals surface area contributed by atoms with E-state index in [0.717, 1.165) is 4.88 Å². The van der Waals surface area contributed by atoms with E-state index in [9.17, 15) is 4.79 Å². The third-order valence-electron chi connectivity index (χ3n) is 1.79. The van der Waals surface area contributed by atoms with E-state index in [0.29, 0.717) is 16.0 Å². The molecule has 0 atom stereocenters. The molecule has 2 aromatic rings. The molecule has 0 radical (unpaired) electrons. The van der Waals surface area contributed by atoms with Gasteiger partial charge in [-0.1, -0.05) is 0 Å². The second kappa shape index (κ2) is 3.71. The summed E-state index contributed by atoms with van der Waals surface area (Å²) in [5, 5.41) is 1.84. The van der Waals surface area contributed by atoms with Gasteiger partial charge in [0.15, 0.2) is 10.4 Å². The van der Waals surface area contributed by atoms with Crippen LogP contribution in [0.3, 0.4) is 0 Å². The molecule has 14 heavy (non-hydrogen) atoms. The Morgan fingerprint density at radius 1 is 1.50 bits per heavy atom. The summed E-state index contributed by atoms with van der Waals surface area (Å²) in [6.45, 7) is 1.97. The normalized spacial score (nSPS) is 10.4. The number of rotatable bonds is 2. The topological polar surface area (TPSA) is 30.2 Å². The lowest BCUT2D eigenvalue weighted by atomic mass is 10.2. The lowest BCUT2D eigenvalue weighted by Crippen LogP contribution is -1.96. The Kier molecular flexibility index (Phi) is 2.56. The molecule has 2 aromatic heterocycles. The summed E-state index contributed by atoms with van der Waals surface area (Å²) in [6.07, 6.45) is 0. The van der Waals surface area contributed by atoms with E-state index < -0.39 is 0 Å². The average molecular weight is 271 g/mol. The smallest absolute Gasteiger partial charge is 0.229 e. The van der Waals surface area contributed by atoms with Crippen LogP contribution < -0.4 is 0 Å². The van der Waals surface area contributed by atoms with E-state index in [2.05, 4.69) is 15.9 Å². The maximum atomic E-state index is 11.8. The van der Waals surface area contributed by atoms with Gasteiger partial charge in [0.1, 0.15) is 0 Å². The van der Waals surface area contributed by atoms with Crippen LogP contribution in [0, 0.1) is 6.92 Å². The maximum absolute atomic E-state index is 11.8. The van der Waals surface area contributed by atoms with Crippen LogP contribution in [0.2, 0.25) is 0 Å². The van der Waals surface area contributed by atoms with E-state index in [1.165, 1.54) is 0 Å². The highest BCUT2D eigenvalue weighted by Gasteiger charge is 2.13. The zero-order chi connectivity index (χ0) is 10.1. The Bertz CT molecular complexity index is 428. The summed E-state index contributed by atoms with van der Waals surface area (Å²) in [6, 6.07) is 5.25. The van der Waals surface area contributed by atoms with Crippen LogP contribution >= 0.6 is 27.3 Å². The van der Waals surface area contributed by atoms with Crippen LogP contribution in [0.4, 0.5) is 0 Å². The zero-order valence-electron chi connectivity index (χ0n) is 7.41. The number of furan rings is 1. The van der Waals surface area contributed by atoms with Crippen molar-refractivity contribution in [3.63, 3.8) is 0 Å². The Balaban J connectivity index is 2.33. The highest BCUT2D eigenvalue weighted by atomic mass is 79.9. The summed E-state index contributed by atoms with van der Waals surface area (Å²) in [4.78, 5) is 12.9. The van der Waals surface area contributed by atoms with E-state index in [4.69, 9.17) is 4.42 Å². The monoisotopic (exact) mass is 270 g/mol. The predicted octanol–water partition coefficient (Wildman–Crippen LogP) is 3.64. The SMILES string of the molecule is Cc1cc(C(=O)c2ccc(Br)o2)cs1. The van der Waals surface area contributed by atoms with Gasteiger partial charge in [-0.15, -0.1) is 11.3 Å². The van der Waals surface area contributed by atoms with Crippen molar-refractivity contribution < 1.29 is 9.21 Å². The van der Waals surface area contributed by atoms with Crippen molar-refractivity contribution in [2.75, 3.05) is 0 Å². The number of carbonyl (C=O) groups is 1. The van der Waals surface area contributed by atoms with Crippen LogP contribution in [-0.4, -0.2) is 5.78 Å². The van der Waals surface area contributed by atoms with Crippen molar-refractivity contribution in [1.82, 2.24) is 0 Å². The Hall–Kier alpha value is -0.870. The second-order valence-electron chi connectivity index (χ2n) is 2.88. The molecule has 0 amide bonds. The number of carbonyl (C=O) groups excluding carboxylic acids is 1. The summed E-state index contributed by atoms with van der Waals surface area (Å²) >= 11 is 4.72. The minimum absolute atomic E-state index is 0.0694. The van der Waals surface area contributed by atoms with Crippen LogP contribution in [0.25, 0.3) is 0 Å². The lowest BCUT2D eigenvalue weighted by Gasteiger charge is -1.91.